The number of methoxy groups -OCH3 is 1. The summed E-state index contributed by atoms with van der Waals surface area (Å²) in [7, 11) is 1.37. The predicted molar refractivity (Wildman–Crippen MR) is 59.5 cm³/mol. The van der Waals surface area contributed by atoms with E-state index in [2.05, 4.69) is 0 Å². The Morgan fingerprint density at radius 2 is 2.00 bits per heavy atom. The van der Waals surface area contributed by atoms with Gasteiger partial charge in [0.1, 0.15) is 5.78 Å². The number of carbonyl (C=O) groups is 2. The van der Waals surface area contributed by atoms with Crippen molar-refractivity contribution < 1.29 is 14.3 Å². The van der Waals surface area contributed by atoms with Crippen LogP contribution in [0.2, 0.25) is 0 Å². The molecule has 1 aliphatic carbocycles. The molecule has 0 bridgehead atoms. The molecule has 1 aromatic carbocycles. The molecule has 0 radical (unpaired) electrons. The van der Waals surface area contributed by atoms with Crippen LogP contribution in [0.25, 0.3) is 0 Å². The van der Waals surface area contributed by atoms with Crippen LogP contribution in [0.15, 0.2) is 18.2 Å². The molecule has 0 atom stereocenters. The molecule has 16 heavy (non-hydrogen) atoms. The van der Waals surface area contributed by atoms with E-state index in [9.17, 15) is 9.59 Å². The molecular weight excluding hydrogens is 204 g/mol. The minimum atomic E-state index is -0.324. The number of esters is 1. The Balaban J connectivity index is 2.29. The molecule has 3 nitrogen and oxygen atoms in total. The largest absolute Gasteiger partial charge is 0.465 e. The number of ketones is 1. The average Bonchev–Trinajstić information content (AvgIpc) is 2.22. The van der Waals surface area contributed by atoms with Crippen molar-refractivity contribution in [3.8, 4) is 0 Å². The third kappa shape index (κ3) is 1.98. The Labute approximate surface area is 94.4 Å². The third-order valence-electron chi connectivity index (χ3n) is 2.94. The number of rotatable bonds is 2. The summed E-state index contributed by atoms with van der Waals surface area (Å²) in [6, 6.07) is 5.66. The van der Waals surface area contributed by atoms with Crippen molar-refractivity contribution in [3.63, 3.8) is 0 Å². The number of ether oxygens (including phenoxy) is 1. The maximum atomic E-state index is 11.4. The van der Waals surface area contributed by atoms with Gasteiger partial charge in [-0.1, -0.05) is 6.07 Å². The summed E-state index contributed by atoms with van der Waals surface area (Å²) in [5.41, 5.74) is 2.66. The van der Waals surface area contributed by atoms with Crippen molar-refractivity contribution in [1.82, 2.24) is 0 Å². The van der Waals surface area contributed by atoms with E-state index in [1.807, 2.05) is 19.1 Å². The smallest absolute Gasteiger partial charge is 0.337 e. The number of benzene rings is 1. The van der Waals surface area contributed by atoms with Gasteiger partial charge in [-0.15, -0.1) is 0 Å². The summed E-state index contributed by atoms with van der Waals surface area (Å²) in [4.78, 5) is 22.4. The molecule has 1 saturated carbocycles. The molecule has 0 heterocycles. The molecule has 1 aliphatic rings. The molecule has 84 valence electrons. The van der Waals surface area contributed by atoms with E-state index < -0.39 is 0 Å². The molecule has 1 aromatic rings. The number of Topliss-reactive ketones (excluding diaryl/α,β-unsaturated/α-hetero) is 1. The lowest BCUT2D eigenvalue weighted by Crippen LogP contribution is -2.21. The first-order valence-corrected chi connectivity index (χ1v) is 5.31. The lowest BCUT2D eigenvalue weighted by molar-refractivity contribution is -0.124. The Morgan fingerprint density at radius 3 is 2.56 bits per heavy atom. The molecule has 1 fully saturated rings. The van der Waals surface area contributed by atoms with E-state index in [4.69, 9.17) is 4.74 Å². The van der Waals surface area contributed by atoms with Gasteiger partial charge in [0, 0.05) is 12.8 Å². The van der Waals surface area contributed by atoms with Crippen LogP contribution in [0.1, 0.15) is 40.2 Å². The third-order valence-corrected chi connectivity index (χ3v) is 2.94. The highest BCUT2D eigenvalue weighted by Gasteiger charge is 2.28. The highest BCUT2D eigenvalue weighted by Crippen LogP contribution is 2.34. The van der Waals surface area contributed by atoms with Crippen molar-refractivity contribution in [2.75, 3.05) is 7.11 Å². The number of hydrogen-bond donors (Lipinski definition) is 0. The first kappa shape index (κ1) is 10.9. The molecule has 0 aromatic heterocycles. The van der Waals surface area contributed by atoms with Crippen molar-refractivity contribution >= 4 is 11.8 Å². The first-order valence-electron chi connectivity index (χ1n) is 5.31. The van der Waals surface area contributed by atoms with Crippen LogP contribution in [-0.4, -0.2) is 18.9 Å². The highest BCUT2D eigenvalue weighted by molar-refractivity contribution is 5.90. The summed E-state index contributed by atoms with van der Waals surface area (Å²) < 4.78 is 4.69. The van der Waals surface area contributed by atoms with Crippen LogP contribution < -0.4 is 0 Å². The maximum Gasteiger partial charge on any atom is 0.337 e. The van der Waals surface area contributed by atoms with E-state index in [0.29, 0.717) is 24.2 Å². The van der Waals surface area contributed by atoms with Crippen LogP contribution in [0, 0.1) is 6.92 Å². The average molecular weight is 218 g/mol. The normalized spacial score (nSPS) is 15.8. The fourth-order valence-corrected chi connectivity index (χ4v) is 2.01. The topological polar surface area (TPSA) is 43.4 Å². The zero-order valence-corrected chi connectivity index (χ0v) is 9.45. The van der Waals surface area contributed by atoms with Crippen LogP contribution in [0.5, 0.6) is 0 Å². The lowest BCUT2D eigenvalue weighted by Gasteiger charge is -2.25. The fourth-order valence-electron chi connectivity index (χ4n) is 2.01. The van der Waals surface area contributed by atoms with Gasteiger partial charge in [0.2, 0.25) is 0 Å². The van der Waals surface area contributed by atoms with Gasteiger partial charge in [0.15, 0.2) is 0 Å². The van der Waals surface area contributed by atoms with E-state index in [1.165, 1.54) is 7.11 Å². The molecule has 0 aliphatic heterocycles. The number of carbonyl (C=O) groups excluding carboxylic acids is 2. The highest BCUT2D eigenvalue weighted by atomic mass is 16.5. The maximum absolute atomic E-state index is 11.4. The number of hydrogen-bond acceptors (Lipinski definition) is 3. The van der Waals surface area contributed by atoms with Gasteiger partial charge in [-0.05, 0) is 36.1 Å². The Hall–Kier alpha value is -1.64. The lowest BCUT2D eigenvalue weighted by atomic mass is 9.78. The van der Waals surface area contributed by atoms with E-state index in [-0.39, 0.29) is 11.9 Å². The minimum Gasteiger partial charge on any atom is -0.465 e. The summed E-state index contributed by atoms with van der Waals surface area (Å²) >= 11 is 0. The van der Waals surface area contributed by atoms with Crippen LogP contribution in [0.3, 0.4) is 0 Å². The van der Waals surface area contributed by atoms with Crippen LogP contribution >= 0.6 is 0 Å². The monoisotopic (exact) mass is 218 g/mol. The molecule has 2 rings (SSSR count). The summed E-state index contributed by atoms with van der Waals surface area (Å²) in [5.74, 6) is 0.262. The minimum absolute atomic E-state index is 0.288. The molecule has 0 saturated heterocycles. The number of aryl methyl sites for hydroxylation is 1. The van der Waals surface area contributed by atoms with E-state index >= 15 is 0 Å². The fraction of sp³-hybridized carbons (Fsp3) is 0.385. The molecule has 0 amide bonds. The Morgan fingerprint density at radius 1 is 1.31 bits per heavy atom. The second-order valence-electron chi connectivity index (χ2n) is 4.27. The van der Waals surface area contributed by atoms with Crippen molar-refractivity contribution in [3.05, 3.63) is 34.9 Å². The van der Waals surface area contributed by atoms with Crippen LogP contribution in [0.4, 0.5) is 0 Å². The Bertz CT molecular complexity index is 440. The quantitative estimate of drug-likeness (QED) is 0.715. The Kier molecular flexibility index (Phi) is 2.77. The molecule has 0 spiro atoms. The first-order chi connectivity index (χ1) is 7.60. The van der Waals surface area contributed by atoms with Gasteiger partial charge in [-0.2, -0.15) is 0 Å². The summed E-state index contributed by atoms with van der Waals surface area (Å²) in [6.07, 6.45) is 1.20. The van der Waals surface area contributed by atoms with Gasteiger partial charge >= 0.3 is 5.97 Å². The van der Waals surface area contributed by atoms with Crippen LogP contribution in [-0.2, 0) is 9.53 Å². The summed E-state index contributed by atoms with van der Waals surface area (Å²) in [6.45, 7) is 1.94. The van der Waals surface area contributed by atoms with Gasteiger partial charge in [-0.3, -0.25) is 4.79 Å². The molecule has 0 unspecified atom stereocenters. The molecule has 0 N–H and O–H groups in total. The predicted octanol–water partition coefficient (Wildman–Crippen LogP) is 2.23. The second-order valence-corrected chi connectivity index (χ2v) is 4.27. The van der Waals surface area contributed by atoms with Crippen molar-refractivity contribution in [2.45, 2.75) is 25.7 Å². The van der Waals surface area contributed by atoms with Gasteiger partial charge < -0.3 is 4.74 Å². The molecule has 3 heteroatoms. The zero-order chi connectivity index (χ0) is 11.7. The molecular formula is C13H14O3. The SMILES string of the molecule is COC(=O)c1cc(C)cc(C2CC(=O)C2)c1. The van der Waals surface area contributed by atoms with E-state index in [1.54, 1.807) is 6.07 Å². The van der Waals surface area contributed by atoms with Gasteiger partial charge in [-0.25, -0.2) is 4.79 Å². The van der Waals surface area contributed by atoms with Crippen molar-refractivity contribution in [1.29, 1.82) is 0 Å². The van der Waals surface area contributed by atoms with E-state index in [0.717, 1.165) is 11.1 Å². The zero-order valence-electron chi connectivity index (χ0n) is 9.45. The van der Waals surface area contributed by atoms with Crippen molar-refractivity contribution in [2.24, 2.45) is 0 Å². The standard InChI is InChI=1S/C13H14O3/c1-8-3-9(10-6-12(14)7-10)5-11(4-8)13(15)16-2/h3-5,10H,6-7H2,1-2H3. The summed E-state index contributed by atoms with van der Waals surface area (Å²) in [5, 5.41) is 0. The van der Waals surface area contributed by atoms with Gasteiger partial charge in [0.25, 0.3) is 0 Å². The van der Waals surface area contributed by atoms with Gasteiger partial charge in [0.05, 0.1) is 12.7 Å². The second kappa shape index (κ2) is 4.08.